The van der Waals surface area contributed by atoms with E-state index >= 15 is 0 Å². The number of benzene rings is 1. The Morgan fingerprint density at radius 1 is 1.10 bits per heavy atom. The fourth-order valence-corrected chi connectivity index (χ4v) is 4.40. The molecular formula is C18H16ClN7O4S. The van der Waals surface area contributed by atoms with E-state index in [4.69, 9.17) is 21.1 Å². The zero-order valence-electron chi connectivity index (χ0n) is 16.7. The minimum atomic E-state index is -0.460. The zero-order valence-corrected chi connectivity index (χ0v) is 18.3. The lowest BCUT2D eigenvalue weighted by Gasteiger charge is -2.11. The van der Waals surface area contributed by atoms with E-state index in [1.807, 2.05) is 0 Å². The van der Waals surface area contributed by atoms with Crippen LogP contribution >= 0.6 is 23.4 Å². The molecule has 5 rings (SSSR count). The molecule has 0 spiro atoms. The van der Waals surface area contributed by atoms with Crippen LogP contribution in [0.25, 0.3) is 11.2 Å². The van der Waals surface area contributed by atoms with Crippen molar-refractivity contribution in [3.05, 3.63) is 49.9 Å². The minimum absolute atomic E-state index is 0.124. The molecule has 4 heterocycles. The average molecular weight is 462 g/mol. The fraction of sp³-hybridized carbons (Fsp3) is 0.278. The summed E-state index contributed by atoms with van der Waals surface area (Å²) in [4.78, 5) is 30.0. The molecule has 160 valence electrons. The summed E-state index contributed by atoms with van der Waals surface area (Å²) < 4.78 is 16.7. The highest BCUT2D eigenvalue weighted by atomic mass is 35.5. The first kappa shape index (κ1) is 19.7. The monoisotopic (exact) mass is 461 g/mol. The SMILES string of the molecule is Cn1cnnc1Sc1nc2c(c(=O)n(C)c(=O)n2C)n1Cc1cc2c(cc1Cl)OCO2. The summed E-state index contributed by atoms with van der Waals surface area (Å²) >= 11 is 7.71. The maximum atomic E-state index is 13.0. The number of aromatic nitrogens is 7. The Hall–Kier alpha value is -3.25. The highest BCUT2D eigenvalue weighted by Crippen LogP contribution is 2.38. The number of hydrogen-bond acceptors (Lipinski definition) is 8. The number of halogens is 1. The van der Waals surface area contributed by atoms with Crippen molar-refractivity contribution < 1.29 is 9.47 Å². The van der Waals surface area contributed by atoms with Gasteiger partial charge < -0.3 is 18.6 Å². The molecule has 0 bridgehead atoms. The second-order valence-corrected chi connectivity index (χ2v) is 8.32. The fourth-order valence-electron chi connectivity index (χ4n) is 3.35. The Labute approximate surface area is 183 Å². The van der Waals surface area contributed by atoms with E-state index < -0.39 is 11.2 Å². The normalized spacial score (nSPS) is 12.8. The lowest BCUT2D eigenvalue weighted by Crippen LogP contribution is -2.37. The van der Waals surface area contributed by atoms with Crippen molar-refractivity contribution in [1.29, 1.82) is 0 Å². The van der Waals surface area contributed by atoms with Gasteiger partial charge in [-0.3, -0.25) is 13.9 Å². The van der Waals surface area contributed by atoms with Crippen LogP contribution in [0.15, 0.2) is 38.4 Å². The molecule has 1 aliphatic heterocycles. The number of aryl methyl sites for hydroxylation is 2. The van der Waals surface area contributed by atoms with Crippen LogP contribution in [0, 0.1) is 0 Å². The minimum Gasteiger partial charge on any atom is -0.454 e. The van der Waals surface area contributed by atoms with Gasteiger partial charge in [0.05, 0.1) is 6.54 Å². The maximum absolute atomic E-state index is 13.0. The first-order chi connectivity index (χ1) is 14.8. The number of hydrogen-bond donors (Lipinski definition) is 0. The third-order valence-electron chi connectivity index (χ3n) is 5.04. The lowest BCUT2D eigenvalue weighted by molar-refractivity contribution is 0.174. The summed E-state index contributed by atoms with van der Waals surface area (Å²) in [5.41, 5.74) is 0.351. The largest absolute Gasteiger partial charge is 0.454 e. The predicted molar refractivity (Wildman–Crippen MR) is 112 cm³/mol. The highest BCUT2D eigenvalue weighted by Gasteiger charge is 2.23. The third kappa shape index (κ3) is 3.10. The molecular weight excluding hydrogens is 446 g/mol. The molecule has 0 unspecified atom stereocenters. The van der Waals surface area contributed by atoms with Gasteiger partial charge in [-0.1, -0.05) is 11.6 Å². The van der Waals surface area contributed by atoms with Crippen LogP contribution < -0.4 is 20.7 Å². The molecule has 0 amide bonds. The molecule has 0 N–H and O–H groups in total. The van der Waals surface area contributed by atoms with Gasteiger partial charge in [-0.2, -0.15) is 0 Å². The Balaban J connectivity index is 1.73. The van der Waals surface area contributed by atoms with Crippen molar-refractivity contribution in [1.82, 2.24) is 33.4 Å². The van der Waals surface area contributed by atoms with E-state index in [0.29, 0.717) is 32.4 Å². The number of ether oxygens (including phenoxy) is 2. The number of imidazole rings is 1. The van der Waals surface area contributed by atoms with Crippen LogP contribution in [0.2, 0.25) is 5.02 Å². The van der Waals surface area contributed by atoms with Gasteiger partial charge in [-0.05, 0) is 23.4 Å². The van der Waals surface area contributed by atoms with Crippen molar-refractivity contribution in [2.45, 2.75) is 16.9 Å². The summed E-state index contributed by atoms with van der Waals surface area (Å²) in [7, 11) is 4.81. The van der Waals surface area contributed by atoms with Gasteiger partial charge in [0.1, 0.15) is 6.33 Å². The second-order valence-electron chi connectivity index (χ2n) is 6.98. The molecule has 0 saturated carbocycles. The van der Waals surface area contributed by atoms with Crippen LogP contribution in [0.4, 0.5) is 0 Å². The number of nitrogens with zero attached hydrogens (tertiary/aromatic N) is 7. The van der Waals surface area contributed by atoms with Gasteiger partial charge in [0, 0.05) is 32.2 Å². The van der Waals surface area contributed by atoms with Crippen LogP contribution in [-0.2, 0) is 27.7 Å². The van der Waals surface area contributed by atoms with E-state index in [1.165, 1.54) is 23.4 Å². The standard InChI is InChI=1S/C18H16ClN7O4S/c1-23-7-20-22-17(23)31-16-21-14-13(15(27)25(3)18(28)24(14)2)26(16)6-9-4-11-12(5-10(9)19)30-8-29-11/h4-5,7H,6,8H2,1-3H3. The molecule has 0 aliphatic carbocycles. The molecule has 13 heteroatoms. The highest BCUT2D eigenvalue weighted by molar-refractivity contribution is 7.99. The average Bonchev–Trinajstić information content (AvgIpc) is 3.45. The van der Waals surface area contributed by atoms with Crippen LogP contribution in [0.3, 0.4) is 0 Å². The molecule has 11 nitrogen and oxygen atoms in total. The third-order valence-corrected chi connectivity index (χ3v) is 6.43. The summed E-state index contributed by atoms with van der Waals surface area (Å²) in [6.07, 6.45) is 1.57. The van der Waals surface area contributed by atoms with E-state index in [2.05, 4.69) is 15.2 Å². The van der Waals surface area contributed by atoms with Gasteiger partial charge in [-0.15, -0.1) is 10.2 Å². The summed E-state index contributed by atoms with van der Waals surface area (Å²) in [5.74, 6) is 1.14. The molecule has 0 radical (unpaired) electrons. The first-order valence-electron chi connectivity index (χ1n) is 9.11. The molecule has 0 atom stereocenters. The maximum Gasteiger partial charge on any atom is 0.332 e. The predicted octanol–water partition coefficient (Wildman–Crippen LogP) is 1.14. The van der Waals surface area contributed by atoms with Crippen molar-refractivity contribution in [3.8, 4) is 11.5 Å². The van der Waals surface area contributed by atoms with Gasteiger partial charge in [0.2, 0.25) is 6.79 Å². The molecule has 1 aromatic carbocycles. The number of rotatable bonds is 4. The summed E-state index contributed by atoms with van der Waals surface area (Å²) in [6.45, 7) is 0.346. The van der Waals surface area contributed by atoms with Crippen LogP contribution in [0.1, 0.15) is 5.56 Å². The van der Waals surface area contributed by atoms with E-state index in [1.54, 1.807) is 41.7 Å². The van der Waals surface area contributed by atoms with Crippen molar-refractivity contribution in [2.75, 3.05) is 6.79 Å². The summed E-state index contributed by atoms with van der Waals surface area (Å²) in [5, 5.41) is 9.48. The number of fused-ring (bicyclic) bond motifs is 2. The van der Waals surface area contributed by atoms with E-state index in [0.717, 1.165) is 4.57 Å². The Morgan fingerprint density at radius 2 is 1.84 bits per heavy atom. The van der Waals surface area contributed by atoms with E-state index in [-0.39, 0.29) is 24.5 Å². The van der Waals surface area contributed by atoms with E-state index in [9.17, 15) is 9.59 Å². The van der Waals surface area contributed by atoms with Crippen molar-refractivity contribution in [2.24, 2.45) is 21.1 Å². The van der Waals surface area contributed by atoms with Crippen LogP contribution in [-0.4, -0.2) is 40.2 Å². The quantitative estimate of drug-likeness (QED) is 0.445. The topological polar surface area (TPSA) is 111 Å². The molecule has 0 fully saturated rings. The zero-order chi connectivity index (χ0) is 21.9. The van der Waals surface area contributed by atoms with Gasteiger partial charge >= 0.3 is 5.69 Å². The molecule has 4 aromatic rings. The van der Waals surface area contributed by atoms with Gasteiger partial charge in [0.25, 0.3) is 5.56 Å². The van der Waals surface area contributed by atoms with Crippen LogP contribution in [0.5, 0.6) is 11.5 Å². The molecule has 31 heavy (non-hydrogen) atoms. The lowest BCUT2D eigenvalue weighted by atomic mass is 10.2. The smallest absolute Gasteiger partial charge is 0.332 e. The summed E-state index contributed by atoms with van der Waals surface area (Å²) in [6, 6.07) is 3.46. The Morgan fingerprint density at radius 3 is 2.55 bits per heavy atom. The second kappa shape index (κ2) is 7.17. The Bertz CT molecular complexity index is 1470. The molecule has 1 aliphatic rings. The van der Waals surface area contributed by atoms with Gasteiger partial charge in [0.15, 0.2) is 33.0 Å². The van der Waals surface area contributed by atoms with Crippen molar-refractivity contribution in [3.63, 3.8) is 0 Å². The Kier molecular flexibility index (Phi) is 4.55. The first-order valence-corrected chi connectivity index (χ1v) is 10.3. The molecule has 0 saturated heterocycles. The van der Waals surface area contributed by atoms with Crippen molar-refractivity contribution >= 4 is 34.5 Å². The van der Waals surface area contributed by atoms with Gasteiger partial charge in [-0.25, -0.2) is 9.78 Å². The molecule has 3 aromatic heterocycles.